The number of carbonyl (C=O) groups is 1. The van der Waals surface area contributed by atoms with Gasteiger partial charge in [0, 0.05) is 21.4 Å². The maximum absolute atomic E-state index is 13.3. The molecule has 0 unspecified atom stereocenters. The second-order valence-corrected chi connectivity index (χ2v) is 13.9. The van der Waals surface area contributed by atoms with E-state index in [1.807, 2.05) is 18.2 Å². The molecule has 162 valence electrons. The molecule has 1 N–H and O–H groups in total. The van der Waals surface area contributed by atoms with Crippen molar-refractivity contribution in [2.24, 2.45) is 0 Å². The van der Waals surface area contributed by atoms with Gasteiger partial charge in [-0.15, -0.1) is 0 Å². The first kappa shape index (κ1) is 20.3. The van der Waals surface area contributed by atoms with E-state index in [0.29, 0.717) is 23.4 Å². The first-order valence-corrected chi connectivity index (χ1v) is 12.7. The van der Waals surface area contributed by atoms with Crippen LogP contribution < -0.4 is 5.56 Å². The van der Waals surface area contributed by atoms with Gasteiger partial charge in [0.2, 0.25) is 0 Å². The molecule has 0 saturated carbocycles. The van der Waals surface area contributed by atoms with E-state index in [0.717, 1.165) is 22.2 Å². The lowest BCUT2D eigenvalue weighted by Gasteiger charge is -2.46. The molecule has 0 radical (unpaired) electrons. The minimum atomic E-state index is -1.44. The summed E-state index contributed by atoms with van der Waals surface area (Å²) in [6.07, 6.45) is 3.20. The summed E-state index contributed by atoms with van der Waals surface area (Å²) >= 11 is 0. The number of para-hydroxylation sites is 1. The van der Waals surface area contributed by atoms with Crippen LogP contribution in [0.1, 0.15) is 43.6 Å². The lowest BCUT2D eigenvalue weighted by atomic mass is 10.0. The summed E-state index contributed by atoms with van der Waals surface area (Å²) in [6.45, 7) is 7.10. The zero-order valence-corrected chi connectivity index (χ0v) is 19.2. The normalized spacial score (nSPS) is 18.4. The van der Waals surface area contributed by atoms with Crippen molar-refractivity contribution >= 4 is 26.9 Å². The lowest BCUT2D eigenvalue weighted by Crippen LogP contribution is -2.32. The van der Waals surface area contributed by atoms with Gasteiger partial charge in [0.25, 0.3) is 5.56 Å². The Kier molecular flexibility index (Phi) is 4.21. The Morgan fingerprint density at radius 2 is 1.87 bits per heavy atom. The molecule has 0 aliphatic carbocycles. The van der Waals surface area contributed by atoms with Gasteiger partial charge in [-0.3, -0.25) is 4.79 Å². The van der Waals surface area contributed by atoms with Crippen molar-refractivity contribution in [3.05, 3.63) is 57.4 Å². The van der Waals surface area contributed by atoms with E-state index < -0.39 is 22.1 Å². The van der Waals surface area contributed by atoms with E-state index in [2.05, 4.69) is 39.3 Å². The number of pyridine rings is 2. The standard InChI is InChI=1S/C24H26N2O4S/c1-24(2,3)31(4,5)21-13-8-6-7-9-17(13)25-19-15(21)11-26-18(19)10-14-16(22(26)28)12-30-23(29)20(14)27/h6-10,20,27H,11-12H2,1-5H3/t20-/m0/s1. The van der Waals surface area contributed by atoms with E-state index in [1.54, 1.807) is 10.6 Å². The lowest BCUT2D eigenvalue weighted by molar-refractivity contribution is -0.157. The summed E-state index contributed by atoms with van der Waals surface area (Å²) in [7, 11) is -1.28. The van der Waals surface area contributed by atoms with E-state index in [-0.39, 0.29) is 16.9 Å². The van der Waals surface area contributed by atoms with Crippen LogP contribution >= 0.6 is 10.0 Å². The number of aromatic nitrogens is 2. The third kappa shape index (κ3) is 2.72. The van der Waals surface area contributed by atoms with Crippen molar-refractivity contribution in [3.8, 4) is 11.4 Å². The van der Waals surface area contributed by atoms with Gasteiger partial charge in [0.1, 0.15) is 6.61 Å². The highest BCUT2D eigenvalue weighted by molar-refractivity contribution is 8.33. The number of carbonyl (C=O) groups excluding carboxylic acids is 1. The van der Waals surface area contributed by atoms with Gasteiger partial charge in [-0.2, -0.15) is 0 Å². The van der Waals surface area contributed by atoms with Crippen LogP contribution in [-0.4, -0.2) is 37.9 Å². The van der Waals surface area contributed by atoms with Crippen molar-refractivity contribution < 1.29 is 14.6 Å². The third-order valence-corrected chi connectivity index (χ3v) is 11.4. The molecule has 31 heavy (non-hydrogen) atoms. The number of ether oxygens (including phenoxy) is 1. The monoisotopic (exact) mass is 438 g/mol. The van der Waals surface area contributed by atoms with Crippen molar-refractivity contribution in [1.82, 2.24) is 9.55 Å². The van der Waals surface area contributed by atoms with Crippen LogP contribution in [0.3, 0.4) is 0 Å². The molecular weight excluding hydrogens is 412 g/mol. The molecule has 0 fully saturated rings. The third-order valence-electron chi connectivity index (χ3n) is 6.85. The van der Waals surface area contributed by atoms with E-state index in [1.165, 1.54) is 4.90 Å². The Labute approximate surface area is 182 Å². The van der Waals surface area contributed by atoms with Crippen molar-refractivity contribution in [2.75, 3.05) is 12.5 Å². The van der Waals surface area contributed by atoms with E-state index in [4.69, 9.17) is 9.72 Å². The van der Waals surface area contributed by atoms with Crippen LogP contribution in [0.4, 0.5) is 0 Å². The Balaban J connectivity index is 1.86. The predicted octanol–water partition coefficient (Wildman–Crippen LogP) is 3.74. The molecule has 0 bridgehead atoms. The average Bonchev–Trinajstić information content (AvgIpc) is 3.06. The molecule has 7 heteroatoms. The second-order valence-electron chi connectivity index (χ2n) is 9.59. The summed E-state index contributed by atoms with van der Waals surface area (Å²) in [6, 6.07) is 9.87. The number of aliphatic hydroxyl groups is 1. The molecule has 0 amide bonds. The highest BCUT2D eigenvalue weighted by atomic mass is 32.3. The molecule has 1 aromatic carbocycles. The minimum absolute atomic E-state index is 0.0420. The number of rotatable bonds is 1. The molecule has 0 spiro atoms. The van der Waals surface area contributed by atoms with Crippen LogP contribution in [0.15, 0.2) is 40.0 Å². The first-order valence-electron chi connectivity index (χ1n) is 10.3. The molecule has 0 saturated heterocycles. The fourth-order valence-electron chi connectivity index (χ4n) is 4.43. The Bertz CT molecular complexity index is 1330. The van der Waals surface area contributed by atoms with Gasteiger partial charge < -0.3 is 14.4 Å². The quantitative estimate of drug-likeness (QED) is 0.458. The molecular formula is C24H26N2O4S. The number of fused-ring (bicyclic) bond motifs is 5. The predicted molar refractivity (Wildman–Crippen MR) is 123 cm³/mol. The van der Waals surface area contributed by atoms with Gasteiger partial charge in [-0.25, -0.2) is 19.8 Å². The van der Waals surface area contributed by atoms with Crippen LogP contribution in [0.5, 0.6) is 0 Å². The summed E-state index contributed by atoms with van der Waals surface area (Å²) in [4.78, 5) is 31.4. The molecule has 2 aliphatic heterocycles. The number of aliphatic hydroxyl groups excluding tert-OH is 1. The topological polar surface area (TPSA) is 81.4 Å². The zero-order chi connectivity index (χ0) is 22.3. The largest absolute Gasteiger partial charge is 0.458 e. The van der Waals surface area contributed by atoms with E-state index in [9.17, 15) is 14.7 Å². The molecule has 5 rings (SSSR count). The van der Waals surface area contributed by atoms with Crippen molar-refractivity contribution in [3.63, 3.8) is 0 Å². The van der Waals surface area contributed by atoms with Gasteiger partial charge in [0.05, 0.1) is 29.0 Å². The Morgan fingerprint density at radius 3 is 2.58 bits per heavy atom. The second kappa shape index (κ2) is 6.43. The van der Waals surface area contributed by atoms with Crippen LogP contribution in [0, 0.1) is 0 Å². The van der Waals surface area contributed by atoms with Crippen LogP contribution in [0.2, 0.25) is 0 Å². The molecule has 2 aromatic heterocycles. The fraction of sp³-hybridized carbons (Fsp3) is 0.375. The van der Waals surface area contributed by atoms with E-state index >= 15 is 0 Å². The maximum Gasteiger partial charge on any atom is 0.340 e. The van der Waals surface area contributed by atoms with Gasteiger partial charge in [-0.05, 0) is 29.4 Å². The number of nitrogens with zero attached hydrogens (tertiary/aromatic N) is 2. The SMILES string of the molecule is CC(C)(C)S(C)(C)c1c2c(nc3ccccc13)-c1cc3c(c(=O)n1C2)COC(=O)[C@H]3O. The van der Waals surface area contributed by atoms with Crippen molar-refractivity contribution in [2.45, 2.75) is 49.7 Å². The van der Waals surface area contributed by atoms with Gasteiger partial charge in [-0.1, -0.05) is 39.0 Å². The Hall–Kier alpha value is -2.64. The maximum atomic E-state index is 13.3. The first-order chi connectivity index (χ1) is 14.5. The highest BCUT2D eigenvalue weighted by Gasteiger charge is 2.38. The number of hydrogen-bond acceptors (Lipinski definition) is 5. The number of esters is 1. The molecule has 1 atom stereocenters. The molecule has 6 nitrogen and oxygen atoms in total. The smallest absolute Gasteiger partial charge is 0.340 e. The molecule has 3 aromatic rings. The Morgan fingerprint density at radius 1 is 1.16 bits per heavy atom. The number of cyclic esters (lactones) is 1. The van der Waals surface area contributed by atoms with Crippen LogP contribution in [0.25, 0.3) is 22.3 Å². The summed E-state index contributed by atoms with van der Waals surface area (Å²) in [5.74, 6) is -0.722. The van der Waals surface area contributed by atoms with Gasteiger partial charge in [0.15, 0.2) is 6.10 Å². The highest BCUT2D eigenvalue weighted by Crippen LogP contribution is 2.63. The molecule has 4 heterocycles. The molecule has 2 aliphatic rings. The van der Waals surface area contributed by atoms with Crippen molar-refractivity contribution in [1.29, 1.82) is 0 Å². The summed E-state index contributed by atoms with van der Waals surface area (Å²) in [5.41, 5.74) is 3.83. The van der Waals surface area contributed by atoms with Gasteiger partial charge >= 0.3 is 5.97 Å². The van der Waals surface area contributed by atoms with Crippen LogP contribution in [-0.2, 0) is 22.7 Å². The summed E-state index contributed by atoms with van der Waals surface area (Å²) in [5, 5.41) is 11.5. The minimum Gasteiger partial charge on any atom is -0.458 e. The zero-order valence-electron chi connectivity index (χ0n) is 18.4. The number of hydrogen-bond donors (Lipinski definition) is 1. The summed E-state index contributed by atoms with van der Waals surface area (Å²) < 4.78 is 6.76. The fourth-order valence-corrected chi connectivity index (χ4v) is 6.54. The average molecular weight is 439 g/mol. The number of benzene rings is 1.